The zero-order valence-electron chi connectivity index (χ0n) is 25.2. The maximum atomic E-state index is 10.1. The molecule has 3 aliphatic heterocycles. The average molecular weight is 849 g/mol. The summed E-state index contributed by atoms with van der Waals surface area (Å²) in [4.78, 5) is 1.97. The van der Waals surface area contributed by atoms with Crippen LogP contribution in [0.25, 0.3) is 0 Å². The number of aliphatic hydroxyl groups is 2. The van der Waals surface area contributed by atoms with E-state index >= 15 is 0 Å². The van der Waals surface area contributed by atoms with Gasteiger partial charge in [-0.15, -0.1) is 0 Å². The van der Waals surface area contributed by atoms with Gasteiger partial charge in [0, 0.05) is 47.0 Å². The zero-order valence-corrected chi connectivity index (χ0v) is 31.8. The van der Waals surface area contributed by atoms with Crippen LogP contribution in [0.1, 0.15) is 37.2 Å². The summed E-state index contributed by atoms with van der Waals surface area (Å²) < 4.78 is 38.8. The van der Waals surface area contributed by atoms with E-state index in [-0.39, 0.29) is 43.2 Å². The number of methoxy groups -OCH3 is 4. The third-order valence-corrected chi connectivity index (χ3v) is 9.53. The molecule has 0 amide bonds. The SMILES string of the molecule is CI.CO[C@H](c1ccc(Cl)c(Cl)c1)[C@H]1OC(O)[C@H](O)[C@]1(C)OC.CO[C@H](c1ccc(Cl)c(Cl)c1)[C@H]1O[C@@H]2O[C@@H]2[C@]1(C)OC.[V]. The quantitative estimate of drug-likeness (QED) is 0.177. The molecule has 0 aliphatic carbocycles. The van der Waals surface area contributed by atoms with Crippen molar-refractivity contribution in [2.75, 3.05) is 33.4 Å². The number of halogens is 5. The second-order valence-corrected chi connectivity index (χ2v) is 11.9. The van der Waals surface area contributed by atoms with E-state index < -0.39 is 35.8 Å². The minimum atomic E-state index is -1.35. The molecular formula is C29H37Cl4IO9V. The predicted octanol–water partition coefficient (Wildman–Crippen LogP) is 6.42. The Hall–Kier alpha value is 0.554. The molecule has 3 saturated heterocycles. The fourth-order valence-corrected chi connectivity index (χ4v) is 5.93. The maximum Gasteiger partial charge on any atom is 0.188 e. The van der Waals surface area contributed by atoms with Crippen LogP contribution < -0.4 is 0 Å². The third kappa shape index (κ3) is 8.22. The van der Waals surface area contributed by atoms with Crippen molar-refractivity contribution in [3.8, 4) is 0 Å². The van der Waals surface area contributed by atoms with Crippen molar-refractivity contribution in [2.24, 2.45) is 0 Å². The van der Waals surface area contributed by atoms with Crippen LogP contribution in [0, 0.1) is 0 Å². The van der Waals surface area contributed by atoms with Crippen LogP contribution in [0.2, 0.25) is 20.1 Å². The first-order valence-corrected chi connectivity index (χ1v) is 16.8. The molecular weight excluding hydrogens is 812 g/mol. The standard InChI is InChI=1S/C14H18Cl2O5.C14H16Cl2O4.CH3I.V/c1-14(20-3)11(17)13(18)21-12(14)10(19-2)7-4-5-8(15)9(16)6-7;1-14(18-3)11(19-13-12(14)20-13)10(17-2)7-4-5-8(15)9(16)6-7;1-2;/h4-6,10-13,17-18H,1-3H3;4-6,10-13H,1-3H3;1H3;/t10-,11+,12-,13?,14+;10-,11-,12+,13-,14-;;/m11../s1. The topological polar surface area (TPSA) is 108 Å². The van der Waals surface area contributed by atoms with Crippen molar-refractivity contribution in [3.05, 3.63) is 67.6 Å². The summed E-state index contributed by atoms with van der Waals surface area (Å²) in [6.07, 6.45) is -4.65. The van der Waals surface area contributed by atoms with Gasteiger partial charge in [0.25, 0.3) is 0 Å². The van der Waals surface area contributed by atoms with Gasteiger partial charge >= 0.3 is 0 Å². The summed E-state index contributed by atoms with van der Waals surface area (Å²) in [6, 6.07) is 10.5. The van der Waals surface area contributed by atoms with Crippen molar-refractivity contribution in [3.63, 3.8) is 0 Å². The van der Waals surface area contributed by atoms with Crippen molar-refractivity contribution >= 4 is 69.0 Å². The largest absolute Gasteiger partial charge is 0.385 e. The fraction of sp³-hybridized carbons (Fsp3) is 0.586. The number of rotatable bonds is 8. The minimum Gasteiger partial charge on any atom is -0.385 e. The van der Waals surface area contributed by atoms with Gasteiger partial charge in [0.1, 0.15) is 47.8 Å². The third-order valence-electron chi connectivity index (χ3n) is 8.05. The van der Waals surface area contributed by atoms with Crippen LogP contribution in [0.4, 0.5) is 0 Å². The molecule has 0 bridgehead atoms. The van der Waals surface area contributed by atoms with Gasteiger partial charge in [-0.25, -0.2) is 0 Å². The summed E-state index contributed by atoms with van der Waals surface area (Å²) in [5.41, 5.74) is -0.0538. The molecule has 3 fully saturated rings. The average Bonchev–Trinajstić information content (AvgIpc) is 3.69. The molecule has 0 saturated carbocycles. The van der Waals surface area contributed by atoms with Crippen LogP contribution >= 0.6 is 69.0 Å². The molecule has 3 aliphatic rings. The molecule has 10 atom stereocenters. The molecule has 9 nitrogen and oxygen atoms in total. The Morgan fingerprint density at radius 3 is 1.52 bits per heavy atom. The monoisotopic (exact) mass is 847 g/mol. The molecule has 2 N–H and O–H groups in total. The molecule has 0 spiro atoms. The molecule has 3 heterocycles. The minimum absolute atomic E-state index is 0. The van der Waals surface area contributed by atoms with Gasteiger partial charge in [0.2, 0.25) is 0 Å². The van der Waals surface area contributed by atoms with E-state index in [4.69, 9.17) is 79.6 Å². The molecule has 2 aromatic carbocycles. The number of alkyl halides is 1. The number of hydrogen-bond donors (Lipinski definition) is 2. The second-order valence-electron chi connectivity index (χ2n) is 10.3. The van der Waals surface area contributed by atoms with Crippen molar-refractivity contribution < 1.29 is 61.9 Å². The summed E-state index contributed by atoms with van der Waals surface area (Å²) in [5.74, 6) is 0. The van der Waals surface area contributed by atoms with Crippen LogP contribution in [0.15, 0.2) is 36.4 Å². The normalized spacial score (nSPS) is 33.1. The zero-order chi connectivity index (χ0) is 32.3. The van der Waals surface area contributed by atoms with E-state index in [2.05, 4.69) is 22.6 Å². The first-order valence-electron chi connectivity index (χ1n) is 13.1. The van der Waals surface area contributed by atoms with Gasteiger partial charge in [0.05, 0.1) is 20.1 Å². The van der Waals surface area contributed by atoms with Gasteiger partial charge < -0.3 is 43.4 Å². The van der Waals surface area contributed by atoms with Crippen molar-refractivity contribution in [1.29, 1.82) is 0 Å². The van der Waals surface area contributed by atoms with E-state index in [1.54, 1.807) is 51.5 Å². The van der Waals surface area contributed by atoms with E-state index in [0.717, 1.165) is 5.56 Å². The number of aliphatic hydroxyl groups excluding tert-OH is 2. The Morgan fingerprint density at radius 2 is 1.14 bits per heavy atom. The van der Waals surface area contributed by atoms with Gasteiger partial charge in [-0.1, -0.05) is 81.1 Å². The Labute approximate surface area is 304 Å². The molecule has 1 unspecified atom stereocenters. The van der Waals surface area contributed by atoms with E-state index in [9.17, 15) is 10.2 Å². The van der Waals surface area contributed by atoms with E-state index in [0.29, 0.717) is 25.7 Å². The number of ether oxygens (including phenoxy) is 7. The van der Waals surface area contributed by atoms with Crippen LogP contribution in [0.3, 0.4) is 0 Å². The van der Waals surface area contributed by atoms with Gasteiger partial charge in [0.15, 0.2) is 12.6 Å². The van der Waals surface area contributed by atoms with Gasteiger partial charge in [-0.3, -0.25) is 0 Å². The Balaban J connectivity index is 0.000000285. The molecule has 1 radical (unpaired) electrons. The molecule has 44 heavy (non-hydrogen) atoms. The second kappa shape index (κ2) is 17.3. The van der Waals surface area contributed by atoms with E-state index in [1.807, 2.05) is 17.9 Å². The smallest absolute Gasteiger partial charge is 0.188 e. The molecule has 247 valence electrons. The molecule has 5 rings (SSSR count). The first kappa shape index (κ1) is 40.7. The Bertz CT molecular complexity index is 1240. The van der Waals surface area contributed by atoms with E-state index in [1.165, 1.54) is 14.2 Å². The number of epoxide rings is 1. The molecule has 0 aromatic heterocycles. The summed E-state index contributed by atoms with van der Waals surface area (Å²) in [6.45, 7) is 3.63. The van der Waals surface area contributed by atoms with Crippen LogP contribution in [-0.4, -0.2) is 91.8 Å². The first-order chi connectivity index (χ1) is 20.4. The van der Waals surface area contributed by atoms with Crippen LogP contribution in [-0.2, 0) is 51.7 Å². The van der Waals surface area contributed by atoms with Crippen molar-refractivity contribution in [1.82, 2.24) is 0 Å². The van der Waals surface area contributed by atoms with Gasteiger partial charge in [-0.2, -0.15) is 0 Å². The molecule has 15 heteroatoms. The summed E-state index contributed by atoms with van der Waals surface area (Å²) >= 11 is 26.1. The Morgan fingerprint density at radius 1 is 0.705 bits per heavy atom. The number of benzene rings is 2. The number of hydrogen-bond acceptors (Lipinski definition) is 9. The summed E-state index contributed by atoms with van der Waals surface area (Å²) in [5, 5.41) is 21.7. The number of fused-ring (bicyclic) bond motifs is 1. The predicted molar refractivity (Wildman–Crippen MR) is 174 cm³/mol. The van der Waals surface area contributed by atoms with Gasteiger partial charge in [-0.05, 0) is 54.2 Å². The Kier molecular flexibility index (Phi) is 16.0. The van der Waals surface area contributed by atoms with Crippen molar-refractivity contribution in [2.45, 2.75) is 74.3 Å². The van der Waals surface area contributed by atoms with Crippen LogP contribution in [0.5, 0.6) is 0 Å². The molecule has 2 aromatic rings. The summed E-state index contributed by atoms with van der Waals surface area (Å²) in [7, 11) is 6.24. The maximum absolute atomic E-state index is 10.1. The fourth-order valence-electron chi connectivity index (χ4n) is 5.32.